The molecule has 77 heavy (non-hydrogen) atoms. The van der Waals surface area contributed by atoms with E-state index in [4.69, 9.17) is 10.8 Å². The summed E-state index contributed by atoms with van der Waals surface area (Å²) in [6.07, 6.45) is -1.29. The van der Waals surface area contributed by atoms with Crippen molar-refractivity contribution in [1.29, 1.82) is 0 Å². The van der Waals surface area contributed by atoms with Crippen molar-refractivity contribution in [2.45, 2.75) is 59.4 Å². The molecule has 8 aromatic rings. The number of piperazine rings is 2. The number of carboxylic acids is 1. The molecule has 0 radical (unpaired) electrons. The Bertz CT molecular complexity index is 3310. The minimum atomic E-state index is -4.42. The van der Waals surface area contributed by atoms with Crippen molar-refractivity contribution in [3.8, 4) is 0 Å². The summed E-state index contributed by atoms with van der Waals surface area (Å²) in [6.45, 7) is 12.0. The third kappa shape index (κ3) is 13.8. The number of carbonyl (C=O) groups is 2. The number of carboxylic acid groups (broad SMARTS) is 1. The standard InChI is InChI=1S/C26H25F4N5OS.C17H18F4N4.C8H8N2O2S.CH3Cl/c1-16-15-35-24(17(2)32-25(35)37-16)22(36)7-4-18-3-6-21(20(27)13-18)33-9-11-34(12-10-33)23-8-5-19(14-31-23)26(28,29)30;18-14-9-12(10-22)1-3-15(14)24-5-7-25(8-6-24)16-4-2-13(11-23-16)17(19,20)21;1-4-3-10-6(7(11)12)5(2)9-8(10)13-4;1-2/h3,5-6,8,13-15H,4,7,9-12H2,1-2H3;1-4,9,11H,5-8,10,22H2;3H,1-2H3,(H,11,12);1H3. The van der Waals surface area contributed by atoms with Crippen molar-refractivity contribution in [1.82, 2.24) is 28.7 Å². The first-order chi connectivity index (χ1) is 36.6. The van der Waals surface area contributed by atoms with Crippen molar-refractivity contribution in [3.63, 3.8) is 0 Å². The number of imidazole rings is 2. The van der Waals surface area contributed by atoms with Crippen LogP contribution in [-0.2, 0) is 25.3 Å². The number of hydrogen-bond acceptors (Lipinski definition) is 13. The number of thiazole rings is 2. The minimum Gasteiger partial charge on any atom is -0.477 e. The molecule has 6 aromatic heterocycles. The lowest BCUT2D eigenvalue weighted by atomic mass is 10.0. The number of aromatic carboxylic acids is 1. The number of nitrogens with zero attached hydrogens (tertiary/aromatic N) is 10. The molecule has 0 unspecified atom stereocenters. The summed E-state index contributed by atoms with van der Waals surface area (Å²) in [5, 5.41) is 8.91. The van der Waals surface area contributed by atoms with Gasteiger partial charge in [-0.1, -0.05) is 12.1 Å². The van der Waals surface area contributed by atoms with Gasteiger partial charge < -0.3 is 30.4 Å². The first-order valence-electron chi connectivity index (χ1n) is 24.0. The van der Waals surface area contributed by atoms with Crippen molar-refractivity contribution < 1.29 is 49.8 Å². The molecule has 410 valence electrons. The largest absolute Gasteiger partial charge is 0.477 e. The van der Waals surface area contributed by atoms with Crippen molar-refractivity contribution >= 4 is 79.0 Å². The summed E-state index contributed by atoms with van der Waals surface area (Å²) in [5.41, 5.74) is 8.51. The van der Waals surface area contributed by atoms with E-state index in [9.17, 15) is 40.3 Å². The van der Waals surface area contributed by atoms with E-state index in [1.807, 2.05) is 57.0 Å². The molecule has 2 aliphatic rings. The van der Waals surface area contributed by atoms with Crippen LogP contribution in [0.25, 0.3) is 9.92 Å². The van der Waals surface area contributed by atoms with Crippen LogP contribution in [0.15, 0.2) is 85.5 Å². The summed E-state index contributed by atoms with van der Waals surface area (Å²) < 4.78 is 109. The normalized spacial score (nSPS) is 14.0. The fraction of sp³-hybridized carbons (Fsp3) is 0.346. The fourth-order valence-electron chi connectivity index (χ4n) is 8.83. The maximum absolute atomic E-state index is 15.0. The second kappa shape index (κ2) is 24.6. The molecular weight excluding hydrogens is 1080 g/mol. The lowest BCUT2D eigenvalue weighted by Gasteiger charge is -2.37. The molecule has 0 atom stereocenters. The molecule has 0 spiro atoms. The average Bonchev–Trinajstić information content (AvgIpc) is 4.14. The second-order valence-corrected chi connectivity index (χ2v) is 20.3. The molecule has 10 rings (SSSR count). The van der Waals surface area contributed by atoms with E-state index < -0.39 is 29.4 Å². The van der Waals surface area contributed by atoms with Gasteiger partial charge in [-0.2, -0.15) is 26.3 Å². The van der Waals surface area contributed by atoms with E-state index in [1.54, 1.807) is 35.7 Å². The zero-order chi connectivity index (χ0) is 55.9. The van der Waals surface area contributed by atoms with E-state index in [2.05, 4.69) is 31.5 Å². The van der Waals surface area contributed by atoms with Gasteiger partial charge in [0.15, 0.2) is 21.4 Å². The molecule has 0 bridgehead atoms. The van der Waals surface area contributed by atoms with Crippen molar-refractivity contribution in [3.05, 3.63) is 152 Å². The van der Waals surface area contributed by atoms with Crippen LogP contribution in [0.4, 0.5) is 58.1 Å². The van der Waals surface area contributed by atoms with Gasteiger partial charge in [0.1, 0.15) is 29.0 Å². The summed E-state index contributed by atoms with van der Waals surface area (Å²) in [5.74, 6) is -0.669. The highest BCUT2D eigenvalue weighted by Crippen LogP contribution is 2.32. The minimum absolute atomic E-state index is 0.0275. The number of rotatable bonds is 10. The maximum atomic E-state index is 15.0. The van der Waals surface area contributed by atoms with E-state index in [1.165, 1.54) is 53.3 Å². The molecule has 0 amide bonds. The summed E-state index contributed by atoms with van der Waals surface area (Å²) >= 11 is 7.67. The van der Waals surface area contributed by atoms with E-state index in [-0.39, 0.29) is 36.1 Å². The zero-order valence-corrected chi connectivity index (χ0v) is 44.8. The number of anilines is 4. The van der Waals surface area contributed by atoms with Crippen LogP contribution in [0.2, 0.25) is 0 Å². The number of fused-ring (bicyclic) bond motifs is 2. The molecule has 8 heterocycles. The number of carbonyl (C=O) groups excluding carboxylic acids is 1. The first kappa shape index (κ1) is 57.8. The summed E-state index contributed by atoms with van der Waals surface area (Å²) in [7, 11) is 0. The SMILES string of the molecule is CCl.Cc1cn2c(C(=O)CCc3ccc(N4CCN(c5ccc(C(F)(F)F)cn5)CC4)c(F)c3)c(C)nc2s1.Cc1cn2c(C(=O)O)c(C)nc2s1.NCc1ccc(N2CCN(c3ccc(C(F)(F)F)cn3)CC2)c(F)c1. The highest BCUT2D eigenvalue weighted by atomic mass is 35.5. The molecule has 2 saturated heterocycles. The van der Waals surface area contributed by atoms with Gasteiger partial charge in [0, 0.05) is 106 Å². The van der Waals surface area contributed by atoms with Gasteiger partial charge in [-0.3, -0.25) is 13.6 Å². The Morgan fingerprint density at radius 2 is 1.01 bits per heavy atom. The zero-order valence-electron chi connectivity index (χ0n) is 42.4. The average molecular weight is 1130 g/mol. The molecular formula is C52H54ClF8N11O3S2. The third-order valence-corrected chi connectivity index (χ3v) is 14.4. The van der Waals surface area contributed by atoms with Crippen LogP contribution in [0.3, 0.4) is 0 Å². The predicted molar refractivity (Wildman–Crippen MR) is 284 cm³/mol. The van der Waals surface area contributed by atoms with Crippen LogP contribution < -0.4 is 25.3 Å². The topological polar surface area (TPSA) is 154 Å². The Morgan fingerprint density at radius 3 is 1.40 bits per heavy atom. The number of alkyl halides is 7. The van der Waals surface area contributed by atoms with Gasteiger partial charge >= 0.3 is 18.3 Å². The van der Waals surface area contributed by atoms with Gasteiger partial charge in [0.25, 0.3) is 0 Å². The lowest BCUT2D eigenvalue weighted by molar-refractivity contribution is -0.138. The lowest BCUT2D eigenvalue weighted by Crippen LogP contribution is -2.47. The molecule has 25 heteroatoms. The second-order valence-electron chi connectivity index (χ2n) is 17.8. The Labute approximate surface area is 451 Å². The highest BCUT2D eigenvalue weighted by Gasteiger charge is 2.33. The van der Waals surface area contributed by atoms with Gasteiger partial charge in [-0.05, 0) is 93.8 Å². The number of nitrogens with two attached hydrogens (primary N) is 1. The molecule has 14 nitrogen and oxygen atoms in total. The van der Waals surface area contributed by atoms with Crippen LogP contribution in [-0.4, -0.2) is 104 Å². The molecule has 0 saturated carbocycles. The van der Waals surface area contributed by atoms with E-state index in [0.29, 0.717) is 98.9 Å². The number of ketones is 1. The number of Topliss-reactive ketones (excluding diaryl/α,β-unsaturated/α-hetero) is 1. The third-order valence-electron chi connectivity index (χ3n) is 12.6. The summed E-state index contributed by atoms with van der Waals surface area (Å²) in [4.78, 5) is 51.5. The Hall–Kier alpha value is -6.89. The molecule has 0 aliphatic carbocycles. The van der Waals surface area contributed by atoms with Gasteiger partial charge in [0.05, 0.1) is 33.9 Å². The number of aromatic nitrogens is 6. The van der Waals surface area contributed by atoms with Crippen LogP contribution in [0.5, 0.6) is 0 Å². The smallest absolute Gasteiger partial charge is 0.417 e. The monoisotopic (exact) mass is 1130 g/mol. The van der Waals surface area contributed by atoms with Crippen LogP contribution in [0, 0.1) is 39.3 Å². The molecule has 3 N–H and O–H groups in total. The number of hydrogen-bond donors (Lipinski definition) is 2. The van der Waals surface area contributed by atoms with Crippen molar-refractivity contribution in [2.24, 2.45) is 5.73 Å². The molecule has 2 aromatic carbocycles. The Kier molecular flexibility index (Phi) is 18.5. The fourth-order valence-corrected chi connectivity index (χ4v) is 10.6. The quantitative estimate of drug-likeness (QED) is 0.0761. The first-order valence-corrected chi connectivity index (χ1v) is 26.3. The predicted octanol–water partition coefficient (Wildman–Crippen LogP) is 11.3. The van der Waals surface area contributed by atoms with Crippen LogP contribution >= 0.6 is 34.3 Å². The van der Waals surface area contributed by atoms with E-state index in [0.717, 1.165) is 55.3 Å². The Morgan fingerprint density at radius 1 is 0.610 bits per heavy atom. The van der Waals surface area contributed by atoms with Crippen LogP contribution in [0.1, 0.15) is 70.8 Å². The molecule has 2 fully saturated rings. The highest BCUT2D eigenvalue weighted by molar-refractivity contribution is 7.17. The van der Waals surface area contributed by atoms with E-state index >= 15 is 4.39 Å². The summed E-state index contributed by atoms with van der Waals surface area (Å²) in [6, 6.07) is 14.8. The number of halogens is 9. The number of pyridine rings is 2. The van der Waals surface area contributed by atoms with Gasteiger partial charge in [-0.25, -0.2) is 33.5 Å². The van der Waals surface area contributed by atoms with Crippen molar-refractivity contribution in [2.75, 3.05) is 78.3 Å². The number of benzene rings is 2. The Balaban J connectivity index is 0.000000184. The number of aryl methyl sites for hydroxylation is 5. The van der Waals surface area contributed by atoms with Gasteiger partial charge in [-0.15, -0.1) is 34.3 Å². The molecule has 2 aliphatic heterocycles. The maximum Gasteiger partial charge on any atom is 0.417 e. The van der Waals surface area contributed by atoms with Gasteiger partial charge in [0.2, 0.25) is 0 Å².